The zero-order valence-corrected chi connectivity index (χ0v) is 14.1. The SMILES string of the molecule is CC(C)NCc1nnc(-c2cc(Br)sc2Br)s1. The maximum atomic E-state index is 4.22. The van der Waals surface area contributed by atoms with Gasteiger partial charge in [-0.2, -0.15) is 0 Å². The van der Waals surface area contributed by atoms with Crippen LogP contribution >= 0.6 is 54.5 Å². The Morgan fingerprint density at radius 2 is 2.06 bits per heavy atom. The van der Waals surface area contributed by atoms with Crippen molar-refractivity contribution in [2.45, 2.75) is 26.4 Å². The summed E-state index contributed by atoms with van der Waals surface area (Å²) in [5, 5.41) is 13.7. The standard InChI is InChI=1S/C10H11Br2N3S2/c1-5(2)13-4-8-14-15-10(17-8)6-3-7(11)16-9(6)12/h3,5,13H,4H2,1-2H3. The molecule has 0 atom stereocenters. The second-order valence-corrected chi connectivity index (χ2v) is 8.59. The Bertz CT molecular complexity index is 507. The second-order valence-electron chi connectivity index (χ2n) is 3.77. The van der Waals surface area contributed by atoms with E-state index in [0.29, 0.717) is 6.04 Å². The number of hydrogen-bond acceptors (Lipinski definition) is 5. The molecular weight excluding hydrogens is 386 g/mol. The summed E-state index contributed by atoms with van der Waals surface area (Å²) in [5.41, 5.74) is 1.11. The van der Waals surface area contributed by atoms with Crippen molar-refractivity contribution >= 4 is 54.5 Å². The van der Waals surface area contributed by atoms with Crippen molar-refractivity contribution in [2.75, 3.05) is 0 Å². The van der Waals surface area contributed by atoms with Crippen LogP contribution in [0.4, 0.5) is 0 Å². The van der Waals surface area contributed by atoms with Gasteiger partial charge in [-0.25, -0.2) is 0 Å². The van der Waals surface area contributed by atoms with Gasteiger partial charge in [0.15, 0.2) is 0 Å². The lowest BCUT2D eigenvalue weighted by Gasteiger charge is -2.03. The molecule has 1 N–H and O–H groups in total. The largest absolute Gasteiger partial charge is 0.308 e. The summed E-state index contributed by atoms with van der Waals surface area (Å²) in [7, 11) is 0. The van der Waals surface area contributed by atoms with Gasteiger partial charge in [-0.1, -0.05) is 25.2 Å². The van der Waals surface area contributed by atoms with Gasteiger partial charge in [-0.3, -0.25) is 0 Å². The average molecular weight is 397 g/mol. The van der Waals surface area contributed by atoms with Crippen LogP contribution in [0.1, 0.15) is 18.9 Å². The van der Waals surface area contributed by atoms with Crippen molar-refractivity contribution in [1.29, 1.82) is 0 Å². The van der Waals surface area contributed by atoms with Gasteiger partial charge in [-0.15, -0.1) is 21.5 Å². The first-order valence-corrected chi connectivity index (χ1v) is 8.29. The van der Waals surface area contributed by atoms with E-state index < -0.39 is 0 Å². The van der Waals surface area contributed by atoms with Crippen LogP contribution in [0.2, 0.25) is 0 Å². The van der Waals surface area contributed by atoms with Gasteiger partial charge in [-0.05, 0) is 37.9 Å². The van der Waals surface area contributed by atoms with Gasteiger partial charge in [0.2, 0.25) is 0 Å². The van der Waals surface area contributed by atoms with E-state index in [4.69, 9.17) is 0 Å². The number of hydrogen-bond donors (Lipinski definition) is 1. The summed E-state index contributed by atoms with van der Waals surface area (Å²) in [5.74, 6) is 0. The molecule has 2 heterocycles. The maximum absolute atomic E-state index is 4.22. The van der Waals surface area contributed by atoms with Crippen molar-refractivity contribution in [3.05, 3.63) is 18.6 Å². The Balaban J connectivity index is 2.15. The third-order valence-corrected chi connectivity index (χ3v) is 5.31. The van der Waals surface area contributed by atoms with Crippen molar-refractivity contribution in [1.82, 2.24) is 15.5 Å². The molecule has 92 valence electrons. The van der Waals surface area contributed by atoms with E-state index in [0.717, 1.165) is 29.7 Å². The topological polar surface area (TPSA) is 37.8 Å². The predicted octanol–water partition coefficient (Wildman–Crippen LogP) is 4.29. The van der Waals surface area contributed by atoms with Crippen LogP contribution < -0.4 is 5.32 Å². The van der Waals surface area contributed by atoms with Crippen LogP contribution in [-0.2, 0) is 6.54 Å². The Labute approximate surface area is 125 Å². The van der Waals surface area contributed by atoms with Crippen molar-refractivity contribution in [3.8, 4) is 10.6 Å². The Morgan fingerprint density at radius 1 is 1.29 bits per heavy atom. The highest BCUT2D eigenvalue weighted by Gasteiger charge is 2.12. The quantitative estimate of drug-likeness (QED) is 0.837. The predicted molar refractivity (Wildman–Crippen MR) is 80.6 cm³/mol. The Kier molecular flexibility index (Phi) is 4.71. The lowest BCUT2D eigenvalue weighted by Crippen LogP contribution is -2.21. The number of thiophene rings is 1. The van der Waals surface area contributed by atoms with Gasteiger partial charge in [0.05, 0.1) is 7.57 Å². The van der Waals surface area contributed by atoms with Crippen LogP contribution in [0.5, 0.6) is 0 Å². The molecule has 0 saturated carbocycles. The summed E-state index contributed by atoms with van der Waals surface area (Å²) in [6.07, 6.45) is 0. The summed E-state index contributed by atoms with van der Waals surface area (Å²) in [6, 6.07) is 2.53. The first-order chi connectivity index (χ1) is 8.06. The van der Waals surface area contributed by atoms with Crippen LogP contribution in [-0.4, -0.2) is 16.2 Å². The highest BCUT2D eigenvalue weighted by Crippen LogP contribution is 2.39. The molecule has 2 aromatic rings. The van der Waals surface area contributed by atoms with E-state index in [1.54, 1.807) is 22.7 Å². The van der Waals surface area contributed by atoms with Crippen molar-refractivity contribution in [3.63, 3.8) is 0 Å². The van der Waals surface area contributed by atoms with E-state index in [1.165, 1.54) is 0 Å². The maximum Gasteiger partial charge on any atom is 0.149 e. The van der Waals surface area contributed by atoms with Gasteiger partial charge >= 0.3 is 0 Å². The number of nitrogens with one attached hydrogen (secondary N) is 1. The Hall–Kier alpha value is 0.180. The highest BCUT2D eigenvalue weighted by atomic mass is 79.9. The fraction of sp³-hybridized carbons (Fsp3) is 0.400. The summed E-state index contributed by atoms with van der Waals surface area (Å²) < 4.78 is 2.18. The minimum Gasteiger partial charge on any atom is -0.308 e. The van der Waals surface area contributed by atoms with Crippen LogP contribution in [0.3, 0.4) is 0 Å². The summed E-state index contributed by atoms with van der Waals surface area (Å²) >= 11 is 10.3. The molecule has 0 aromatic carbocycles. The third kappa shape index (κ3) is 3.57. The minimum absolute atomic E-state index is 0.462. The molecule has 3 nitrogen and oxygen atoms in total. The molecule has 0 aliphatic rings. The molecule has 2 aromatic heterocycles. The summed E-state index contributed by atoms with van der Waals surface area (Å²) in [4.78, 5) is 0. The molecule has 0 saturated heterocycles. The molecule has 2 rings (SSSR count). The smallest absolute Gasteiger partial charge is 0.149 e. The van der Waals surface area contributed by atoms with Gasteiger partial charge < -0.3 is 5.32 Å². The summed E-state index contributed by atoms with van der Waals surface area (Å²) in [6.45, 7) is 5.02. The number of aromatic nitrogens is 2. The molecule has 7 heteroatoms. The molecular formula is C10H11Br2N3S2. The van der Waals surface area contributed by atoms with Gasteiger partial charge in [0, 0.05) is 18.2 Å². The first-order valence-electron chi connectivity index (χ1n) is 5.07. The molecule has 0 amide bonds. The van der Waals surface area contributed by atoms with E-state index >= 15 is 0 Å². The normalized spacial score (nSPS) is 11.4. The van der Waals surface area contributed by atoms with E-state index in [-0.39, 0.29) is 0 Å². The second kappa shape index (κ2) is 5.88. The zero-order chi connectivity index (χ0) is 12.4. The Morgan fingerprint density at radius 3 is 2.65 bits per heavy atom. The first kappa shape index (κ1) is 13.6. The molecule has 0 aliphatic heterocycles. The van der Waals surface area contributed by atoms with E-state index in [9.17, 15) is 0 Å². The number of rotatable bonds is 4. The molecule has 0 spiro atoms. The zero-order valence-electron chi connectivity index (χ0n) is 9.33. The third-order valence-electron chi connectivity index (χ3n) is 2.02. The van der Waals surface area contributed by atoms with Gasteiger partial charge in [0.1, 0.15) is 10.0 Å². The molecule has 0 fully saturated rings. The molecule has 0 radical (unpaired) electrons. The molecule has 0 unspecified atom stereocenters. The fourth-order valence-electron chi connectivity index (χ4n) is 1.21. The molecule has 17 heavy (non-hydrogen) atoms. The lowest BCUT2D eigenvalue weighted by molar-refractivity contribution is 0.585. The molecule has 0 bridgehead atoms. The monoisotopic (exact) mass is 395 g/mol. The van der Waals surface area contributed by atoms with Crippen molar-refractivity contribution in [2.24, 2.45) is 0 Å². The number of nitrogens with zero attached hydrogens (tertiary/aromatic N) is 2. The van der Waals surface area contributed by atoms with Crippen molar-refractivity contribution < 1.29 is 0 Å². The van der Waals surface area contributed by atoms with Crippen LogP contribution in [0.15, 0.2) is 13.6 Å². The molecule has 0 aliphatic carbocycles. The van der Waals surface area contributed by atoms with Crippen LogP contribution in [0.25, 0.3) is 10.6 Å². The van der Waals surface area contributed by atoms with E-state index in [2.05, 4.69) is 67.3 Å². The fourth-order valence-corrected chi connectivity index (χ4v) is 5.03. The lowest BCUT2D eigenvalue weighted by atomic mass is 10.4. The van der Waals surface area contributed by atoms with E-state index in [1.807, 2.05) is 0 Å². The minimum atomic E-state index is 0.462. The average Bonchev–Trinajstić information content (AvgIpc) is 2.82. The highest BCUT2D eigenvalue weighted by molar-refractivity contribution is 9.12. The van der Waals surface area contributed by atoms with Gasteiger partial charge in [0.25, 0.3) is 0 Å². The van der Waals surface area contributed by atoms with Crippen LogP contribution in [0, 0.1) is 0 Å². The number of halogens is 2.